The molecule has 1 N–H and O–H groups in total. The molecule has 0 saturated heterocycles. The van der Waals surface area contributed by atoms with Crippen LogP contribution in [0.3, 0.4) is 0 Å². The average molecular weight is 218 g/mol. The minimum atomic E-state index is -1.07. The van der Waals surface area contributed by atoms with Crippen molar-refractivity contribution in [3.63, 3.8) is 0 Å². The second kappa shape index (κ2) is 3.73. The highest BCUT2D eigenvalue weighted by Gasteiger charge is 2.09. The van der Waals surface area contributed by atoms with Gasteiger partial charge in [0.1, 0.15) is 0 Å². The van der Waals surface area contributed by atoms with Crippen LogP contribution < -0.4 is 0 Å². The zero-order valence-corrected chi connectivity index (χ0v) is 8.88. The lowest BCUT2D eigenvalue weighted by molar-refractivity contribution is 0.0690. The van der Waals surface area contributed by atoms with E-state index >= 15 is 0 Å². The molecule has 0 aliphatic heterocycles. The van der Waals surface area contributed by atoms with Crippen LogP contribution in [0.15, 0.2) is 18.3 Å². The Morgan fingerprint density at radius 2 is 1.94 bits per heavy atom. The number of carbonyl (C=O) groups is 1. The van der Waals surface area contributed by atoms with Crippen LogP contribution in [0, 0.1) is 13.8 Å². The van der Waals surface area contributed by atoms with Crippen LogP contribution in [0.2, 0.25) is 0 Å². The van der Waals surface area contributed by atoms with E-state index in [0.717, 1.165) is 11.4 Å². The summed E-state index contributed by atoms with van der Waals surface area (Å²) in [6.45, 7) is 3.69. The Morgan fingerprint density at radius 1 is 1.31 bits per heavy atom. The Hall–Kier alpha value is -2.24. The van der Waals surface area contributed by atoms with E-state index < -0.39 is 5.97 Å². The highest BCUT2D eigenvalue weighted by molar-refractivity contribution is 5.85. The summed E-state index contributed by atoms with van der Waals surface area (Å²) in [5.41, 5.74) is 1.60. The van der Waals surface area contributed by atoms with Crippen LogP contribution in [0.25, 0.3) is 5.95 Å². The summed E-state index contributed by atoms with van der Waals surface area (Å²) in [4.78, 5) is 19.0. The van der Waals surface area contributed by atoms with Crippen LogP contribution in [-0.4, -0.2) is 30.8 Å². The molecule has 0 aliphatic rings. The number of hydrogen-bond donors (Lipinski definition) is 1. The minimum Gasteiger partial charge on any atom is -0.476 e. The van der Waals surface area contributed by atoms with Crippen LogP contribution in [0.1, 0.15) is 21.9 Å². The Bertz CT molecular complexity index is 527. The van der Waals surface area contributed by atoms with Crippen molar-refractivity contribution in [2.24, 2.45) is 0 Å². The SMILES string of the molecule is Cc1cc(C)nc(-n2ccc(C(=O)O)n2)n1. The van der Waals surface area contributed by atoms with Crippen LogP contribution in [0.5, 0.6) is 0 Å². The van der Waals surface area contributed by atoms with Gasteiger partial charge in [0, 0.05) is 17.6 Å². The molecular weight excluding hydrogens is 208 g/mol. The summed E-state index contributed by atoms with van der Waals surface area (Å²) in [5, 5.41) is 12.6. The molecule has 0 atom stereocenters. The molecule has 0 fully saturated rings. The topological polar surface area (TPSA) is 80.9 Å². The molecule has 0 aliphatic carbocycles. The second-order valence-corrected chi connectivity index (χ2v) is 3.40. The summed E-state index contributed by atoms with van der Waals surface area (Å²) >= 11 is 0. The molecule has 0 saturated carbocycles. The lowest BCUT2D eigenvalue weighted by Gasteiger charge is -2.01. The Balaban J connectivity index is 2.46. The molecule has 0 radical (unpaired) electrons. The largest absolute Gasteiger partial charge is 0.476 e. The predicted molar refractivity (Wildman–Crippen MR) is 55.6 cm³/mol. The number of nitrogens with zero attached hydrogens (tertiary/aromatic N) is 4. The molecule has 6 heteroatoms. The number of rotatable bonds is 2. The number of carboxylic acid groups (broad SMARTS) is 1. The second-order valence-electron chi connectivity index (χ2n) is 3.40. The van der Waals surface area contributed by atoms with Gasteiger partial charge >= 0.3 is 5.97 Å². The van der Waals surface area contributed by atoms with Crippen molar-refractivity contribution in [1.82, 2.24) is 19.7 Å². The molecule has 2 aromatic heterocycles. The number of hydrogen-bond acceptors (Lipinski definition) is 4. The third-order valence-corrected chi connectivity index (χ3v) is 1.98. The molecule has 0 spiro atoms. The monoisotopic (exact) mass is 218 g/mol. The highest BCUT2D eigenvalue weighted by atomic mass is 16.4. The smallest absolute Gasteiger partial charge is 0.356 e. The fourth-order valence-corrected chi connectivity index (χ4v) is 1.36. The first-order valence-corrected chi connectivity index (χ1v) is 4.68. The average Bonchev–Trinajstić information content (AvgIpc) is 2.64. The first-order valence-electron chi connectivity index (χ1n) is 4.68. The van der Waals surface area contributed by atoms with Gasteiger partial charge < -0.3 is 5.11 Å². The van der Waals surface area contributed by atoms with E-state index in [4.69, 9.17) is 5.11 Å². The van der Waals surface area contributed by atoms with E-state index in [-0.39, 0.29) is 5.69 Å². The molecule has 2 heterocycles. The van der Waals surface area contributed by atoms with Crippen molar-refractivity contribution in [3.05, 3.63) is 35.4 Å². The lowest BCUT2D eigenvalue weighted by atomic mass is 10.4. The van der Waals surface area contributed by atoms with Crippen LogP contribution in [0.4, 0.5) is 0 Å². The molecule has 16 heavy (non-hydrogen) atoms. The standard InChI is InChI=1S/C10H10N4O2/c1-6-5-7(2)12-10(11-6)14-4-3-8(13-14)9(15)16/h3-5H,1-2H3,(H,15,16). The molecule has 0 bridgehead atoms. The maximum Gasteiger partial charge on any atom is 0.356 e. The van der Waals surface area contributed by atoms with Crippen molar-refractivity contribution >= 4 is 5.97 Å². The van der Waals surface area contributed by atoms with Crippen molar-refractivity contribution in [1.29, 1.82) is 0 Å². The predicted octanol–water partition coefficient (Wildman–Crippen LogP) is 0.977. The van der Waals surface area contributed by atoms with Crippen molar-refractivity contribution in [2.75, 3.05) is 0 Å². The zero-order valence-electron chi connectivity index (χ0n) is 8.88. The van der Waals surface area contributed by atoms with Gasteiger partial charge in [0.2, 0.25) is 0 Å². The molecule has 2 rings (SSSR count). The first kappa shape index (κ1) is 10.3. The van der Waals surface area contributed by atoms with E-state index in [1.165, 1.54) is 16.9 Å². The van der Waals surface area contributed by atoms with Gasteiger partial charge in [-0.2, -0.15) is 5.10 Å². The number of aryl methyl sites for hydroxylation is 2. The van der Waals surface area contributed by atoms with E-state index in [1.54, 1.807) is 0 Å². The van der Waals surface area contributed by atoms with Crippen LogP contribution in [-0.2, 0) is 0 Å². The molecule has 0 aromatic carbocycles. The van der Waals surface area contributed by atoms with Gasteiger partial charge in [0.25, 0.3) is 5.95 Å². The Kier molecular flexibility index (Phi) is 2.40. The Morgan fingerprint density at radius 3 is 2.44 bits per heavy atom. The van der Waals surface area contributed by atoms with Crippen LogP contribution >= 0.6 is 0 Å². The number of aromatic carboxylic acids is 1. The van der Waals surface area contributed by atoms with E-state index in [0.29, 0.717) is 5.95 Å². The molecule has 0 unspecified atom stereocenters. The van der Waals surface area contributed by atoms with Gasteiger partial charge in [-0.1, -0.05) is 0 Å². The quantitative estimate of drug-likeness (QED) is 0.812. The molecule has 2 aromatic rings. The summed E-state index contributed by atoms with van der Waals surface area (Å²) in [6.07, 6.45) is 1.53. The third kappa shape index (κ3) is 1.90. The van der Waals surface area contributed by atoms with Crippen molar-refractivity contribution < 1.29 is 9.90 Å². The van der Waals surface area contributed by atoms with E-state index in [1.807, 2.05) is 19.9 Å². The summed E-state index contributed by atoms with van der Waals surface area (Å²) < 4.78 is 1.35. The fourth-order valence-electron chi connectivity index (χ4n) is 1.36. The minimum absolute atomic E-state index is 0.0252. The molecule has 82 valence electrons. The molecular formula is C10H10N4O2. The number of carboxylic acids is 1. The first-order chi connectivity index (χ1) is 7.56. The Labute approximate surface area is 91.6 Å². The van der Waals surface area contributed by atoms with Gasteiger partial charge in [0.15, 0.2) is 5.69 Å². The van der Waals surface area contributed by atoms with Gasteiger partial charge in [0.05, 0.1) is 0 Å². The summed E-state index contributed by atoms with van der Waals surface area (Å²) in [5.74, 6) is -0.687. The fraction of sp³-hybridized carbons (Fsp3) is 0.200. The molecule has 0 amide bonds. The van der Waals surface area contributed by atoms with Gasteiger partial charge in [-0.3, -0.25) is 0 Å². The maximum absolute atomic E-state index is 10.7. The van der Waals surface area contributed by atoms with Gasteiger partial charge in [-0.25, -0.2) is 19.4 Å². The highest BCUT2D eigenvalue weighted by Crippen LogP contribution is 2.05. The lowest BCUT2D eigenvalue weighted by Crippen LogP contribution is -2.06. The van der Waals surface area contributed by atoms with E-state index in [9.17, 15) is 4.79 Å². The normalized spacial score (nSPS) is 10.4. The zero-order chi connectivity index (χ0) is 11.7. The summed E-state index contributed by atoms with van der Waals surface area (Å²) in [6, 6.07) is 3.24. The number of aromatic nitrogens is 4. The summed E-state index contributed by atoms with van der Waals surface area (Å²) in [7, 11) is 0. The molecule has 6 nitrogen and oxygen atoms in total. The maximum atomic E-state index is 10.7. The van der Waals surface area contributed by atoms with Gasteiger partial charge in [-0.05, 0) is 26.0 Å². The van der Waals surface area contributed by atoms with E-state index in [2.05, 4.69) is 15.1 Å². The van der Waals surface area contributed by atoms with Crippen molar-refractivity contribution in [3.8, 4) is 5.95 Å². The third-order valence-electron chi connectivity index (χ3n) is 1.98. The van der Waals surface area contributed by atoms with Crippen molar-refractivity contribution in [2.45, 2.75) is 13.8 Å². The van der Waals surface area contributed by atoms with Gasteiger partial charge in [-0.15, -0.1) is 0 Å².